The largest absolute Gasteiger partial charge is 0.493 e. The summed E-state index contributed by atoms with van der Waals surface area (Å²) in [6.45, 7) is 7.42. The van der Waals surface area contributed by atoms with Crippen LogP contribution in [-0.4, -0.2) is 72.4 Å². The molecule has 1 fully saturated rings. The van der Waals surface area contributed by atoms with E-state index in [1.54, 1.807) is 21.3 Å². The minimum absolute atomic E-state index is 0.160. The second kappa shape index (κ2) is 11.6. The monoisotopic (exact) mass is 462 g/mol. The molecular formula is C23H34N4O4S. The van der Waals surface area contributed by atoms with Gasteiger partial charge in [0.2, 0.25) is 5.91 Å². The molecule has 0 spiro atoms. The van der Waals surface area contributed by atoms with Crippen molar-refractivity contribution < 1.29 is 19.0 Å². The number of carbonyl (C=O) groups excluding carboxylic acids is 1. The summed E-state index contributed by atoms with van der Waals surface area (Å²) >= 11 is 1.44. The van der Waals surface area contributed by atoms with Crippen LogP contribution in [0.5, 0.6) is 11.5 Å². The smallest absolute Gasteiger partial charge is 0.233 e. The summed E-state index contributed by atoms with van der Waals surface area (Å²) in [6, 6.07) is 5.69. The molecule has 32 heavy (non-hydrogen) atoms. The zero-order valence-corrected chi connectivity index (χ0v) is 20.5. The molecule has 0 bridgehead atoms. The molecule has 2 atom stereocenters. The maximum atomic E-state index is 12.9. The molecule has 1 aromatic heterocycles. The fourth-order valence-corrected chi connectivity index (χ4v) is 5.10. The minimum Gasteiger partial charge on any atom is -0.493 e. The van der Waals surface area contributed by atoms with Crippen LogP contribution in [0.25, 0.3) is 11.4 Å². The third kappa shape index (κ3) is 5.95. The van der Waals surface area contributed by atoms with Crippen LogP contribution < -0.4 is 9.47 Å². The lowest BCUT2D eigenvalue weighted by molar-refractivity contribution is -0.130. The Hall–Kier alpha value is -2.26. The number of hydrogen-bond donors (Lipinski definition) is 0. The lowest BCUT2D eigenvalue weighted by Gasteiger charge is -2.35. The predicted molar refractivity (Wildman–Crippen MR) is 125 cm³/mol. The van der Waals surface area contributed by atoms with E-state index in [-0.39, 0.29) is 5.91 Å². The summed E-state index contributed by atoms with van der Waals surface area (Å²) in [7, 11) is 4.91. The van der Waals surface area contributed by atoms with Crippen molar-refractivity contribution in [3.05, 3.63) is 18.2 Å². The molecule has 2 heterocycles. The Morgan fingerprint density at radius 3 is 2.47 bits per heavy atom. The van der Waals surface area contributed by atoms with E-state index >= 15 is 0 Å². The Labute approximate surface area is 194 Å². The third-order valence-electron chi connectivity index (χ3n) is 5.64. The lowest BCUT2D eigenvalue weighted by Crippen LogP contribution is -2.43. The number of nitrogens with zero attached hydrogens (tertiary/aromatic N) is 4. The summed E-state index contributed by atoms with van der Waals surface area (Å²) in [6.07, 6.45) is 2.00. The van der Waals surface area contributed by atoms with E-state index in [1.165, 1.54) is 18.2 Å². The first-order chi connectivity index (χ1) is 15.5. The molecule has 1 amide bonds. The Morgan fingerprint density at radius 1 is 1.09 bits per heavy atom. The number of benzene rings is 1. The van der Waals surface area contributed by atoms with Gasteiger partial charge in [-0.2, -0.15) is 0 Å². The molecule has 0 saturated carbocycles. The summed E-state index contributed by atoms with van der Waals surface area (Å²) in [4.78, 5) is 14.9. The highest BCUT2D eigenvalue weighted by Gasteiger charge is 2.26. The maximum Gasteiger partial charge on any atom is 0.233 e. The highest BCUT2D eigenvalue weighted by molar-refractivity contribution is 7.99. The number of likely N-dealkylation sites (tertiary alicyclic amines) is 1. The van der Waals surface area contributed by atoms with Crippen LogP contribution in [0.2, 0.25) is 0 Å². The second-order valence-electron chi connectivity index (χ2n) is 8.41. The average Bonchev–Trinajstić information content (AvgIpc) is 3.19. The molecule has 1 aliphatic heterocycles. The van der Waals surface area contributed by atoms with Crippen molar-refractivity contribution in [2.45, 2.75) is 38.4 Å². The quantitative estimate of drug-likeness (QED) is 0.394. The number of amides is 1. The molecular weight excluding hydrogens is 428 g/mol. The average molecular weight is 463 g/mol. The van der Waals surface area contributed by atoms with Gasteiger partial charge in [0.1, 0.15) is 0 Å². The molecule has 176 valence electrons. The van der Waals surface area contributed by atoms with Gasteiger partial charge in [0, 0.05) is 38.9 Å². The van der Waals surface area contributed by atoms with E-state index in [4.69, 9.17) is 14.2 Å². The molecule has 1 aliphatic rings. The molecule has 0 N–H and O–H groups in total. The maximum absolute atomic E-state index is 12.9. The van der Waals surface area contributed by atoms with E-state index in [1.807, 2.05) is 23.1 Å². The zero-order valence-electron chi connectivity index (χ0n) is 19.7. The number of carbonyl (C=O) groups is 1. The minimum atomic E-state index is 0.160. The Morgan fingerprint density at radius 2 is 1.81 bits per heavy atom. The molecule has 9 heteroatoms. The van der Waals surface area contributed by atoms with E-state index in [0.29, 0.717) is 42.2 Å². The SMILES string of the molecule is COCCCn1c(SCC(=O)N2CC(C)CC(C)C2)nnc1-c1ccc(OC)c(OC)c1. The van der Waals surface area contributed by atoms with Gasteiger partial charge in [0.15, 0.2) is 22.5 Å². The van der Waals surface area contributed by atoms with Crippen LogP contribution in [0.3, 0.4) is 0 Å². The Bertz CT molecular complexity index is 894. The summed E-state index contributed by atoms with van der Waals surface area (Å²) in [5, 5.41) is 9.58. The van der Waals surface area contributed by atoms with Crippen LogP contribution in [-0.2, 0) is 16.1 Å². The highest BCUT2D eigenvalue weighted by Crippen LogP contribution is 2.33. The number of ether oxygens (including phenoxy) is 3. The van der Waals surface area contributed by atoms with E-state index in [2.05, 4.69) is 28.6 Å². The van der Waals surface area contributed by atoms with Gasteiger partial charge in [-0.25, -0.2) is 0 Å². The van der Waals surface area contributed by atoms with Crippen LogP contribution in [0.15, 0.2) is 23.4 Å². The van der Waals surface area contributed by atoms with Crippen molar-refractivity contribution in [1.29, 1.82) is 0 Å². The number of piperidine rings is 1. The standard InChI is InChI=1S/C23H34N4O4S/c1-16-11-17(2)14-26(13-16)21(28)15-32-23-25-24-22(27(23)9-6-10-29-3)18-7-8-19(30-4)20(12-18)31-5/h7-8,12,16-17H,6,9-11,13-15H2,1-5H3. The van der Waals surface area contributed by atoms with Gasteiger partial charge in [0.05, 0.1) is 20.0 Å². The first kappa shape index (κ1) is 24.4. The molecule has 1 aromatic carbocycles. The second-order valence-corrected chi connectivity index (χ2v) is 9.35. The number of methoxy groups -OCH3 is 3. The van der Waals surface area contributed by atoms with Crippen LogP contribution in [0, 0.1) is 11.8 Å². The summed E-state index contributed by atoms with van der Waals surface area (Å²) < 4.78 is 18.1. The van der Waals surface area contributed by atoms with Crippen molar-refractivity contribution in [2.24, 2.45) is 11.8 Å². The molecule has 1 saturated heterocycles. The van der Waals surface area contributed by atoms with E-state index < -0.39 is 0 Å². The first-order valence-electron chi connectivity index (χ1n) is 11.0. The molecule has 8 nitrogen and oxygen atoms in total. The topological polar surface area (TPSA) is 78.7 Å². The molecule has 0 aliphatic carbocycles. The van der Waals surface area contributed by atoms with Crippen LogP contribution >= 0.6 is 11.8 Å². The van der Waals surface area contributed by atoms with Gasteiger partial charge in [-0.3, -0.25) is 4.79 Å². The van der Waals surface area contributed by atoms with Gasteiger partial charge >= 0.3 is 0 Å². The van der Waals surface area contributed by atoms with Gasteiger partial charge in [0.25, 0.3) is 0 Å². The molecule has 2 aromatic rings. The third-order valence-corrected chi connectivity index (χ3v) is 6.59. The fraction of sp³-hybridized carbons (Fsp3) is 0.609. The summed E-state index contributed by atoms with van der Waals surface area (Å²) in [5.41, 5.74) is 0.879. The lowest BCUT2D eigenvalue weighted by atomic mass is 9.92. The van der Waals surface area contributed by atoms with Crippen LogP contribution in [0.4, 0.5) is 0 Å². The zero-order chi connectivity index (χ0) is 23.1. The van der Waals surface area contributed by atoms with Crippen molar-refractivity contribution in [1.82, 2.24) is 19.7 Å². The Balaban J connectivity index is 1.79. The van der Waals surface area contributed by atoms with Gasteiger partial charge in [-0.15, -0.1) is 10.2 Å². The van der Waals surface area contributed by atoms with Gasteiger partial charge in [-0.1, -0.05) is 25.6 Å². The Kier molecular flexibility index (Phi) is 8.81. The van der Waals surface area contributed by atoms with Gasteiger partial charge < -0.3 is 23.7 Å². The number of rotatable bonds is 10. The van der Waals surface area contributed by atoms with Crippen molar-refractivity contribution in [3.8, 4) is 22.9 Å². The van der Waals surface area contributed by atoms with Gasteiger partial charge in [-0.05, 0) is 42.9 Å². The first-order valence-corrected chi connectivity index (χ1v) is 12.0. The normalized spacial score (nSPS) is 18.6. The van der Waals surface area contributed by atoms with E-state index in [0.717, 1.165) is 36.1 Å². The summed E-state index contributed by atoms with van der Waals surface area (Å²) in [5.74, 6) is 3.63. The van der Waals surface area contributed by atoms with Crippen molar-refractivity contribution in [3.63, 3.8) is 0 Å². The molecule has 3 rings (SSSR count). The number of thioether (sulfide) groups is 1. The van der Waals surface area contributed by atoms with Crippen molar-refractivity contribution >= 4 is 17.7 Å². The highest BCUT2D eigenvalue weighted by atomic mass is 32.2. The van der Waals surface area contributed by atoms with Crippen molar-refractivity contribution in [2.75, 3.05) is 46.8 Å². The molecule has 2 unspecified atom stereocenters. The molecule has 0 radical (unpaired) electrons. The fourth-order valence-electron chi connectivity index (χ4n) is 4.24. The number of aromatic nitrogens is 3. The predicted octanol–water partition coefficient (Wildman–Crippen LogP) is 3.60. The van der Waals surface area contributed by atoms with E-state index in [9.17, 15) is 4.79 Å². The van der Waals surface area contributed by atoms with Crippen LogP contribution in [0.1, 0.15) is 26.7 Å². The number of hydrogen-bond acceptors (Lipinski definition) is 7.